The zero-order valence-corrected chi connectivity index (χ0v) is 26.2. The average molecular weight is 626 g/mol. The molecule has 6 rings (SSSR count). The van der Waals surface area contributed by atoms with Crippen molar-refractivity contribution in [2.45, 2.75) is 82.6 Å². The molecule has 0 unspecified atom stereocenters. The van der Waals surface area contributed by atoms with E-state index >= 15 is 0 Å². The summed E-state index contributed by atoms with van der Waals surface area (Å²) in [4.78, 5) is 40.8. The molecular weight excluding hydrogens is 582 g/mol. The number of piperazine rings is 1. The summed E-state index contributed by atoms with van der Waals surface area (Å²) in [7, 11) is 0. The van der Waals surface area contributed by atoms with E-state index in [1.165, 1.54) is 0 Å². The lowest BCUT2D eigenvalue weighted by molar-refractivity contribution is -0.123. The molecule has 6 N–H and O–H groups in total. The lowest BCUT2D eigenvalue weighted by atomic mass is 9.97. The van der Waals surface area contributed by atoms with Crippen molar-refractivity contribution in [1.82, 2.24) is 30.4 Å². The van der Waals surface area contributed by atoms with Crippen molar-refractivity contribution in [3.05, 3.63) is 34.6 Å². The van der Waals surface area contributed by atoms with Crippen LogP contribution in [0, 0.1) is 0 Å². The Kier molecular flexibility index (Phi) is 9.29. The SMILES string of the molecule is CC[C@H]1CN(c2nc(N)c(C(=O)NC3CC3)nc2Cl)CCN1C1CCN(Cc2ccc(N)cc2OCC(=O)NC2CC2)CC1. The zero-order chi connectivity index (χ0) is 30.8. The van der Waals surface area contributed by atoms with E-state index in [4.69, 9.17) is 27.8 Å². The van der Waals surface area contributed by atoms with Crippen molar-refractivity contribution in [2.75, 3.05) is 55.7 Å². The summed E-state index contributed by atoms with van der Waals surface area (Å²) in [5.41, 5.74) is 14.0. The number of rotatable bonds is 11. The van der Waals surface area contributed by atoms with Crippen LogP contribution in [-0.2, 0) is 11.3 Å². The van der Waals surface area contributed by atoms with Crippen LogP contribution in [0.1, 0.15) is 67.9 Å². The Morgan fingerprint density at radius 3 is 2.43 bits per heavy atom. The van der Waals surface area contributed by atoms with Crippen molar-refractivity contribution in [1.29, 1.82) is 0 Å². The Hall–Kier alpha value is -3.35. The number of carbonyl (C=O) groups is 2. The minimum atomic E-state index is -0.315. The van der Waals surface area contributed by atoms with Gasteiger partial charge in [0.05, 0.1) is 0 Å². The largest absolute Gasteiger partial charge is 0.483 e. The maximum Gasteiger partial charge on any atom is 0.274 e. The number of anilines is 3. The van der Waals surface area contributed by atoms with Crippen LogP contribution in [0.4, 0.5) is 17.3 Å². The van der Waals surface area contributed by atoms with Gasteiger partial charge in [-0.15, -0.1) is 0 Å². The molecule has 1 atom stereocenters. The quantitative estimate of drug-likeness (QED) is 0.274. The molecule has 2 aromatic rings. The molecule has 2 aliphatic carbocycles. The van der Waals surface area contributed by atoms with E-state index in [0.29, 0.717) is 35.4 Å². The first-order valence-corrected chi connectivity index (χ1v) is 16.3. The monoisotopic (exact) mass is 625 g/mol. The highest BCUT2D eigenvalue weighted by Crippen LogP contribution is 2.31. The highest BCUT2D eigenvalue weighted by atomic mass is 35.5. The first-order valence-electron chi connectivity index (χ1n) is 15.9. The molecule has 0 radical (unpaired) electrons. The van der Waals surface area contributed by atoms with Crippen LogP contribution >= 0.6 is 11.6 Å². The Bertz CT molecular complexity index is 1360. The number of amides is 2. The second-order valence-electron chi connectivity index (χ2n) is 12.6. The molecule has 3 heterocycles. The highest BCUT2D eigenvalue weighted by Gasteiger charge is 2.35. The maximum absolute atomic E-state index is 12.5. The third-order valence-electron chi connectivity index (χ3n) is 9.10. The number of nitrogens with zero attached hydrogens (tertiary/aromatic N) is 5. The van der Waals surface area contributed by atoms with Crippen LogP contribution in [0.3, 0.4) is 0 Å². The van der Waals surface area contributed by atoms with Crippen molar-refractivity contribution < 1.29 is 14.3 Å². The fourth-order valence-corrected chi connectivity index (χ4v) is 6.55. The Labute approximate surface area is 263 Å². The van der Waals surface area contributed by atoms with Crippen LogP contribution in [0.15, 0.2) is 18.2 Å². The van der Waals surface area contributed by atoms with Gasteiger partial charge in [-0.3, -0.25) is 19.4 Å². The molecule has 44 heavy (non-hydrogen) atoms. The van der Waals surface area contributed by atoms with Gasteiger partial charge in [0.2, 0.25) is 0 Å². The second kappa shape index (κ2) is 13.3. The van der Waals surface area contributed by atoms with Crippen LogP contribution in [-0.4, -0.2) is 95.1 Å². The number of aromatic nitrogens is 2. The Morgan fingerprint density at radius 2 is 1.73 bits per heavy atom. The van der Waals surface area contributed by atoms with E-state index in [1.807, 2.05) is 18.2 Å². The lowest BCUT2D eigenvalue weighted by Gasteiger charge is -2.47. The summed E-state index contributed by atoms with van der Waals surface area (Å²) in [6.07, 6.45) is 7.20. The van der Waals surface area contributed by atoms with E-state index < -0.39 is 0 Å². The summed E-state index contributed by atoms with van der Waals surface area (Å²) >= 11 is 6.56. The molecule has 2 aliphatic heterocycles. The average Bonchev–Trinajstić information content (AvgIpc) is 3.96. The topological polar surface area (TPSA) is 155 Å². The number of halogens is 1. The summed E-state index contributed by atoms with van der Waals surface area (Å²) in [6.45, 7) is 7.36. The fourth-order valence-electron chi connectivity index (χ4n) is 6.30. The van der Waals surface area contributed by atoms with Gasteiger partial charge in [-0.05, 0) is 64.1 Å². The predicted molar refractivity (Wildman–Crippen MR) is 171 cm³/mol. The maximum atomic E-state index is 12.5. The smallest absolute Gasteiger partial charge is 0.274 e. The summed E-state index contributed by atoms with van der Waals surface area (Å²) in [5, 5.41) is 6.09. The molecular formula is C31H44ClN9O3. The van der Waals surface area contributed by atoms with Crippen molar-refractivity contribution in [3.8, 4) is 5.75 Å². The number of hydrogen-bond donors (Lipinski definition) is 4. The van der Waals surface area contributed by atoms with Crippen LogP contribution < -0.4 is 31.7 Å². The number of benzene rings is 1. The number of hydrogen-bond acceptors (Lipinski definition) is 10. The number of likely N-dealkylation sites (tertiary alicyclic amines) is 1. The predicted octanol–water partition coefficient (Wildman–Crippen LogP) is 2.41. The number of ether oxygens (including phenoxy) is 1. The van der Waals surface area contributed by atoms with E-state index in [2.05, 4.69) is 42.2 Å². The normalized spacial score (nSPS) is 21.7. The van der Waals surface area contributed by atoms with Gasteiger partial charge in [0.15, 0.2) is 29.1 Å². The molecule has 1 aromatic carbocycles. The van der Waals surface area contributed by atoms with E-state index in [9.17, 15) is 9.59 Å². The van der Waals surface area contributed by atoms with Gasteiger partial charge in [0.1, 0.15) is 5.75 Å². The molecule has 13 heteroatoms. The first kappa shape index (κ1) is 30.7. The number of piperidine rings is 1. The zero-order valence-electron chi connectivity index (χ0n) is 25.4. The van der Waals surface area contributed by atoms with Crippen LogP contribution in [0.5, 0.6) is 5.75 Å². The van der Waals surface area contributed by atoms with Crippen LogP contribution in [0.25, 0.3) is 0 Å². The lowest BCUT2D eigenvalue weighted by Crippen LogP contribution is -2.58. The minimum Gasteiger partial charge on any atom is -0.483 e. The molecule has 0 bridgehead atoms. The third kappa shape index (κ3) is 7.47. The fraction of sp³-hybridized carbons (Fsp3) is 0.613. The number of nitrogen functional groups attached to an aromatic ring is 2. The molecule has 4 fully saturated rings. The molecule has 1 aromatic heterocycles. The molecule has 2 amide bonds. The third-order valence-corrected chi connectivity index (χ3v) is 9.36. The first-order chi connectivity index (χ1) is 21.3. The Balaban J connectivity index is 1.02. The van der Waals surface area contributed by atoms with Crippen molar-refractivity contribution in [3.63, 3.8) is 0 Å². The number of nitrogens with two attached hydrogens (primary N) is 2. The minimum absolute atomic E-state index is 0.00267. The second-order valence-corrected chi connectivity index (χ2v) is 12.9. The molecule has 2 saturated heterocycles. The van der Waals surface area contributed by atoms with E-state index in [-0.39, 0.29) is 41.1 Å². The van der Waals surface area contributed by atoms with Gasteiger partial charge in [-0.1, -0.05) is 24.6 Å². The van der Waals surface area contributed by atoms with Gasteiger partial charge in [0.25, 0.3) is 11.8 Å². The number of nitrogens with one attached hydrogen (secondary N) is 2. The summed E-state index contributed by atoms with van der Waals surface area (Å²) in [6, 6.07) is 7.07. The Morgan fingerprint density at radius 1 is 1.00 bits per heavy atom. The molecule has 2 saturated carbocycles. The van der Waals surface area contributed by atoms with Crippen LogP contribution in [0.2, 0.25) is 5.15 Å². The highest BCUT2D eigenvalue weighted by molar-refractivity contribution is 6.32. The molecule has 238 valence electrons. The van der Waals surface area contributed by atoms with Crippen molar-refractivity contribution >= 4 is 40.7 Å². The van der Waals surface area contributed by atoms with Gasteiger partial charge in [0, 0.05) is 67.7 Å². The molecule has 4 aliphatic rings. The molecule has 0 spiro atoms. The van der Waals surface area contributed by atoms with Gasteiger partial charge >= 0.3 is 0 Å². The van der Waals surface area contributed by atoms with Crippen molar-refractivity contribution in [2.24, 2.45) is 0 Å². The van der Waals surface area contributed by atoms with E-state index in [1.54, 1.807) is 0 Å². The standard InChI is InChI=1S/C31H44ClN9O3/c1-2-23-17-40(30-28(32)37-27(29(34)38-30)31(43)36-22-7-8-22)13-14-41(23)24-9-11-39(12-10-24)16-19-3-4-20(33)15-25(19)44-18-26(42)35-21-5-6-21/h3-4,15,21-24H,2,5-14,16-18,33H2,1H3,(H2,34,38)(H,35,42)(H,36,43)/t23-/m0/s1. The molecule has 12 nitrogen and oxygen atoms in total. The summed E-state index contributed by atoms with van der Waals surface area (Å²) < 4.78 is 5.91. The van der Waals surface area contributed by atoms with Gasteiger partial charge in [-0.2, -0.15) is 0 Å². The van der Waals surface area contributed by atoms with E-state index in [0.717, 1.165) is 89.8 Å². The summed E-state index contributed by atoms with van der Waals surface area (Å²) in [5.74, 6) is 0.940. The van der Waals surface area contributed by atoms with Gasteiger partial charge in [-0.25, -0.2) is 9.97 Å². The van der Waals surface area contributed by atoms with Gasteiger partial charge < -0.3 is 31.7 Å². The number of carbonyl (C=O) groups excluding carboxylic acids is 2.